The van der Waals surface area contributed by atoms with Crippen LogP contribution in [0.5, 0.6) is 0 Å². The number of unbranched alkanes of at least 4 members (excludes halogenated alkanes) is 11. The van der Waals surface area contributed by atoms with E-state index in [1.165, 1.54) is 64.2 Å². The van der Waals surface area contributed by atoms with E-state index in [2.05, 4.69) is 17.6 Å². The second-order valence-electron chi connectivity index (χ2n) is 9.19. The second kappa shape index (κ2) is 22.4. The number of rotatable bonds is 23. The molecule has 0 aliphatic heterocycles. The Balaban J connectivity index is 3.88. The van der Waals surface area contributed by atoms with Crippen LogP contribution in [0.25, 0.3) is 0 Å². The predicted molar refractivity (Wildman–Crippen MR) is 136 cm³/mol. The van der Waals surface area contributed by atoms with Gasteiger partial charge in [-0.3, -0.25) is 9.59 Å². The molecule has 0 rings (SSSR count). The van der Waals surface area contributed by atoms with Crippen LogP contribution in [0, 0.1) is 11.8 Å². The normalized spacial score (nSPS) is 14.3. The van der Waals surface area contributed by atoms with Crippen molar-refractivity contribution in [2.45, 2.75) is 103 Å². The molecule has 194 valence electrons. The largest absolute Gasteiger partial charge is 0.396 e. The van der Waals surface area contributed by atoms with Crippen molar-refractivity contribution in [3.8, 4) is 0 Å². The van der Waals surface area contributed by atoms with Gasteiger partial charge in [0, 0.05) is 25.4 Å². The van der Waals surface area contributed by atoms with Gasteiger partial charge in [-0.1, -0.05) is 83.3 Å². The number of allylic oxidation sites excluding steroid dienone is 1. The number of carbonyl (C=O) groups is 2. The molecule has 0 spiro atoms. The van der Waals surface area contributed by atoms with Crippen LogP contribution in [0.15, 0.2) is 12.2 Å². The number of hydrogen-bond donors (Lipinski definition) is 5. The van der Waals surface area contributed by atoms with Crippen molar-refractivity contribution in [3.63, 3.8) is 0 Å². The van der Waals surface area contributed by atoms with Crippen LogP contribution < -0.4 is 16.4 Å². The van der Waals surface area contributed by atoms with Gasteiger partial charge in [-0.2, -0.15) is 0 Å². The van der Waals surface area contributed by atoms with Crippen molar-refractivity contribution < 1.29 is 19.8 Å². The maximum atomic E-state index is 12.0. The Morgan fingerprint density at radius 1 is 0.939 bits per heavy atom. The maximum absolute atomic E-state index is 12.0. The molecule has 6 N–H and O–H groups in total. The fourth-order valence-corrected chi connectivity index (χ4v) is 3.84. The van der Waals surface area contributed by atoms with E-state index in [0.717, 1.165) is 12.8 Å². The van der Waals surface area contributed by atoms with Crippen LogP contribution in [0.4, 0.5) is 0 Å². The zero-order valence-corrected chi connectivity index (χ0v) is 21.2. The highest BCUT2D eigenvalue weighted by atomic mass is 16.3. The number of carbonyl (C=O) groups excluding carboxylic acids is 2. The molecule has 7 heteroatoms. The average Bonchev–Trinajstić information content (AvgIpc) is 2.79. The quantitative estimate of drug-likeness (QED) is 0.116. The van der Waals surface area contributed by atoms with Crippen LogP contribution in [0.3, 0.4) is 0 Å². The standard InChI is InChI=1S/C26H51N3O4/c1-3-4-5-6-7-8-9-10-11-12-13-14-15-16-24(31)23(21-30)20-29-25(32)18-17-22(19-28-2)26(27)33/h15-16,22-24,28,30-31H,3-14,17-21H2,1-2H3,(H2,27,33)(H,29,32)/b16-15+/t22-,23?,24-/m1/s1. The number of hydrogen-bond acceptors (Lipinski definition) is 5. The first-order valence-electron chi connectivity index (χ1n) is 13.1. The minimum Gasteiger partial charge on any atom is -0.396 e. The topological polar surface area (TPSA) is 125 Å². The Hall–Kier alpha value is -1.44. The molecule has 7 nitrogen and oxygen atoms in total. The van der Waals surface area contributed by atoms with Crippen molar-refractivity contribution in [3.05, 3.63) is 12.2 Å². The minimum atomic E-state index is -0.800. The molecule has 0 saturated heterocycles. The van der Waals surface area contributed by atoms with E-state index in [0.29, 0.717) is 13.0 Å². The minimum absolute atomic E-state index is 0.179. The van der Waals surface area contributed by atoms with Gasteiger partial charge in [-0.15, -0.1) is 0 Å². The predicted octanol–water partition coefficient (Wildman–Crippen LogP) is 3.43. The lowest BCUT2D eigenvalue weighted by atomic mass is 10.0. The summed E-state index contributed by atoms with van der Waals surface area (Å²) in [5.74, 6) is -1.48. The summed E-state index contributed by atoms with van der Waals surface area (Å²) in [5.41, 5.74) is 5.33. The number of nitrogens with two attached hydrogens (primary N) is 1. The molecule has 33 heavy (non-hydrogen) atoms. The maximum Gasteiger partial charge on any atom is 0.221 e. The van der Waals surface area contributed by atoms with E-state index in [1.54, 1.807) is 13.1 Å². The van der Waals surface area contributed by atoms with Gasteiger partial charge in [0.1, 0.15) is 0 Å². The second-order valence-corrected chi connectivity index (χ2v) is 9.19. The van der Waals surface area contributed by atoms with Crippen molar-refractivity contribution in [1.29, 1.82) is 0 Å². The molecule has 0 aromatic heterocycles. The summed E-state index contributed by atoms with van der Waals surface area (Å²) >= 11 is 0. The molecule has 0 radical (unpaired) electrons. The van der Waals surface area contributed by atoms with Gasteiger partial charge >= 0.3 is 0 Å². The van der Waals surface area contributed by atoms with Crippen LogP contribution in [-0.4, -0.2) is 54.9 Å². The molecule has 0 saturated carbocycles. The third-order valence-corrected chi connectivity index (χ3v) is 6.16. The van der Waals surface area contributed by atoms with Gasteiger partial charge in [0.05, 0.1) is 18.6 Å². The first-order chi connectivity index (χ1) is 16.0. The Kier molecular flexibility index (Phi) is 21.4. The van der Waals surface area contributed by atoms with E-state index in [9.17, 15) is 19.8 Å². The van der Waals surface area contributed by atoms with Gasteiger partial charge in [0.25, 0.3) is 0 Å². The Labute approximate surface area is 202 Å². The molecule has 0 bridgehead atoms. The molecule has 0 heterocycles. The first-order valence-corrected chi connectivity index (χ1v) is 13.1. The summed E-state index contributed by atoms with van der Waals surface area (Å²) in [7, 11) is 1.73. The molecule has 1 unspecified atom stereocenters. The summed E-state index contributed by atoms with van der Waals surface area (Å²) < 4.78 is 0. The lowest BCUT2D eigenvalue weighted by Crippen LogP contribution is -2.37. The molecule has 0 fully saturated rings. The van der Waals surface area contributed by atoms with Gasteiger partial charge in [-0.05, 0) is 26.3 Å². The molecule has 0 aliphatic rings. The summed E-state index contributed by atoms with van der Waals surface area (Å²) in [6.45, 7) is 2.66. The van der Waals surface area contributed by atoms with Crippen LogP contribution in [0.1, 0.15) is 96.8 Å². The molecule has 2 amide bonds. The number of nitrogens with one attached hydrogen (secondary N) is 2. The zero-order chi connectivity index (χ0) is 24.7. The van der Waals surface area contributed by atoms with Crippen molar-refractivity contribution >= 4 is 11.8 Å². The average molecular weight is 470 g/mol. The summed E-state index contributed by atoms with van der Waals surface area (Å²) in [6.07, 6.45) is 18.7. The van der Waals surface area contributed by atoms with Crippen molar-refractivity contribution in [2.24, 2.45) is 17.6 Å². The fourth-order valence-electron chi connectivity index (χ4n) is 3.84. The number of aliphatic hydroxyl groups excluding tert-OH is 2. The lowest BCUT2D eigenvalue weighted by Gasteiger charge is -2.19. The summed E-state index contributed by atoms with van der Waals surface area (Å²) in [5, 5.41) is 25.5. The highest BCUT2D eigenvalue weighted by molar-refractivity contribution is 5.79. The molecule has 0 aromatic carbocycles. The van der Waals surface area contributed by atoms with Crippen molar-refractivity contribution in [1.82, 2.24) is 10.6 Å². The number of amides is 2. The summed E-state index contributed by atoms with van der Waals surface area (Å²) in [6, 6.07) is 0. The summed E-state index contributed by atoms with van der Waals surface area (Å²) in [4.78, 5) is 23.4. The van der Waals surface area contributed by atoms with Crippen LogP contribution in [-0.2, 0) is 9.59 Å². The lowest BCUT2D eigenvalue weighted by molar-refractivity contribution is -0.123. The Morgan fingerprint density at radius 2 is 1.52 bits per heavy atom. The van der Waals surface area contributed by atoms with E-state index in [1.807, 2.05) is 6.08 Å². The van der Waals surface area contributed by atoms with Gasteiger partial charge < -0.3 is 26.6 Å². The zero-order valence-electron chi connectivity index (χ0n) is 21.2. The third-order valence-electron chi connectivity index (χ3n) is 6.16. The molecule has 0 aliphatic carbocycles. The van der Waals surface area contributed by atoms with Gasteiger partial charge in [-0.25, -0.2) is 0 Å². The highest BCUT2D eigenvalue weighted by Crippen LogP contribution is 2.13. The van der Waals surface area contributed by atoms with E-state index in [4.69, 9.17) is 5.73 Å². The molecular formula is C26H51N3O4. The van der Waals surface area contributed by atoms with E-state index >= 15 is 0 Å². The molecule has 0 aromatic rings. The highest BCUT2D eigenvalue weighted by Gasteiger charge is 2.19. The van der Waals surface area contributed by atoms with Crippen LogP contribution >= 0.6 is 0 Å². The smallest absolute Gasteiger partial charge is 0.221 e. The van der Waals surface area contributed by atoms with Gasteiger partial charge in [0.15, 0.2) is 0 Å². The number of primary amides is 1. The van der Waals surface area contributed by atoms with E-state index in [-0.39, 0.29) is 25.5 Å². The third kappa shape index (κ3) is 18.6. The van der Waals surface area contributed by atoms with Crippen LogP contribution in [0.2, 0.25) is 0 Å². The Morgan fingerprint density at radius 3 is 2.03 bits per heavy atom. The fraction of sp³-hybridized carbons (Fsp3) is 0.846. The van der Waals surface area contributed by atoms with E-state index < -0.39 is 23.8 Å². The van der Waals surface area contributed by atoms with Crippen molar-refractivity contribution in [2.75, 3.05) is 26.7 Å². The van der Waals surface area contributed by atoms with Gasteiger partial charge in [0.2, 0.25) is 11.8 Å². The number of aliphatic hydroxyl groups is 2. The first kappa shape index (κ1) is 31.6. The SMILES string of the molecule is CCCCCCCCCCCCC/C=C/[C@@H](O)C(CO)CNC(=O)CC[C@H](CNC)C(N)=O. The molecule has 3 atom stereocenters. The Bertz CT molecular complexity index is 514. The molecular weight excluding hydrogens is 418 g/mol. The monoisotopic (exact) mass is 469 g/mol.